The molecule has 76 valence electrons. The van der Waals surface area contributed by atoms with E-state index in [4.69, 9.17) is 4.74 Å². The summed E-state index contributed by atoms with van der Waals surface area (Å²) in [5, 5.41) is 9.84. The lowest BCUT2D eigenvalue weighted by Crippen LogP contribution is -2.58. The van der Waals surface area contributed by atoms with Crippen molar-refractivity contribution in [1.82, 2.24) is 0 Å². The average Bonchev–Trinajstić information content (AvgIpc) is 2.19. The van der Waals surface area contributed by atoms with Crippen molar-refractivity contribution in [2.75, 3.05) is 6.61 Å². The maximum absolute atomic E-state index is 9.84. The van der Waals surface area contributed by atoms with Crippen molar-refractivity contribution >= 4 is 0 Å². The standard InChI is InChI=1S/C11H20O2/c1-2-13-10-8-9(12)11(10)6-4-3-5-7-11/h9-10,12H,2-8H2,1H3. The highest BCUT2D eigenvalue weighted by Gasteiger charge is 2.54. The van der Waals surface area contributed by atoms with Gasteiger partial charge in [0, 0.05) is 18.4 Å². The first-order valence-corrected chi connectivity index (χ1v) is 5.59. The average molecular weight is 184 g/mol. The van der Waals surface area contributed by atoms with Gasteiger partial charge in [0.25, 0.3) is 0 Å². The summed E-state index contributed by atoms with van der Waals surface area (Å²) in [6.07, 6.45) is 7.40. The molecule has 2 aliphatic rings. The van der Waals surface area contributed by atoms with Crippen molar-refractivity contribution in [1.29, 1.82) is 0 Å². The summed E-state index contributed by atoms with van der Waals surface area (Å²) in [4.78, 5) is 0. The minimum atomic E-state index is -0.0793. The predicted octanol–water partition coefficient (Wildman–Crippen LogP) is 2.11. The van der Waals surface area contributed by atoms with Gasteiger partial charge in [-0.2, -0.15) is 0 Å². The third-order valence-electron chi connectivity index (χ3n) is 3.89. The molecule has 0 aromatic carbocycles. The second-order valence-corrected chi connectivity index (χ2v) is 4.49. The number of aliphatic hydroxyl groups excluding tert-OH is 1. The Hall–Kier alpha value is -0.0800. The van der Waals surface area contributed by atoms with Gasteiger partial charge in [0.05, 0.1) is 12.2 Å². The van der Waals surface area contributed by atoms with Crippen LogP contribution in [-0.4, -0.2) is 23.9 Å². The molecule has 2 nitrogen and oxygen atoms in total. The Morgan fingerprint density at radius 2 is 2.00 bits per heavy atom. The van der Waals surface area contributed by atoms with Gasteiger partial charge >= 0.3 is 0 Å². The minimum Gasteiger partial charge on any atom is -0.392 e. The SMILES string of the molecule is CCOC1CC(O)C12CCCCC2. The van der Waals surface area contributed by atoms with Crippen LogP contribution >= 0.6 is 0 Å². The lowest BCUT2D eigenvalue weighted by atomic mass is 9.56. The van der Waals surface area contributed by atoms with Gasteiger partial charge in [0.15, 0.2) is 0 Å². The van der Waals surface area contributed by atoms with Gasteiger partial charge in [-0.25, -0.2) is 0 Å². The van der Waals surface area contributed by atoms with Gasteiger partial charge in [-0.15, -0.1) is 0 Å². The van der Waals surface area contributed by atoms with Crippen LogP contribution in [0, 0.1) is 5.41 Å². The van der Waals surface area contributed by atoms with Crippen molar-refractivity contribution in [3.8, 4) is 0 Å². The summed E-state index contributed by atoms with van der Waals surface area (Å²) in [5.74, 6) is 0. The zero-order valence-corrected chi connectivity index (χ0v) is 8.46. The van der Waals surface area contributed by atoms with Crippen LogP contribution in [0.1, 0.15) is 45.4 Å². The van der Waals surface area contributed by atoms with Crippen LogP contribution in [0.15, 0.2) is 0 Å². The molecule has 0 heterocycles. The van der Waals surface area contributed by atoms with E-state index in [9.17, 15) is 5.11 Å². The van der Waals surface area contributed by atoms with Gasteiger partial charge in [-0.1, -0.05) is 19.3 Å². The molecule has 0 aliphatic heterocycles. The maximum atomic E-state index is 9.84. The maximum Gasteiger partial charge on any atom is 0.0680 e. The van der Waals surface area contributed by atoms with E-state index in [-0.39, 0.29) is 11.5 Å². The molecule has 1 spiro atoms. The lowest BCUT2D eigenvalue weighted by molar-refractivity contribution is -0.204. The largest absolute Gasteiger partial charge is 0.392 e. The Morgan fingerprint density at radius 1 is 1.31 bits per heavy atom. The third-order valence-corrected chi connectivity index (χ3v) is 3.89. The highest BCUT2D eigenvalue weighted by Crippen LogP contribution is 2.53. The molecule has 0 saturated heterocycles. The Bertz CT molecular complexity index is 171. The summed E-state index contributed by atoms with van der Waals surface area (Å²) in [6, 6.07) is 0. The fraction of sp³-hybridized carbons (Fsp3) is 1.00. The van der Waals surface area contributed by atoms with Crippen molar-refractivity contribution in [3.63, 3.8) is 0 Å². The zero-order chi connectivity index (χ0) is 9.31. The van der Waals surface area contributed by atoms with Crippen LogP contribution in [0.3, 0.4) is 0 Å². The van der Waals surface area contributed by atoms with Crippen LogP contribution in [0.5, 0.6) is 0 Å². The molecule has 1 N–H and O–H groups in total. The van der Waals surface area contributed by atoms with E-state index >= 15 is 0 Å². The quantitative estimate of drug-likeness (QED) is 0.712. The predicted molar refractivity (Wildman–Crippen MR) is 51.6 cm³/mol. The molecule has 2 heteroatoms. The van der Waals surface area contributed by atoms with E-state index in [0.29, 0.717) is 6.10 Å². The number of rotatable bonds is 2. The molecule has 2 aliphatic carbocycles. The summed E-state index contributed by atoms with van der Waals surface area (Å²) in [7, 11) is 0. The van der Waals surface area contributed by atoms with E-state index in [1.807, 2.05) is 6.92 Å². The molecule has 0 radical (unpaired) electrons. The summed E-state index contributed by atoms with van der Waals surface area (Å²) in [5.41, 5.74) is 0.161. The monoisotopic (exact) mass is 184 g/mol. The second-order valence-electron chi connectivity index (χ2n) is 4.49. The van der Waals surface area contributed by atoms with E-state index in [1.165, 1.54) is 32.1 Å². The molecule has 0 aromatic heterocycles. The van der Waals surface area contributed by atoms with E-state index in [2.05, 4.69) is 0 Å². The van der Waals surface area contributed by atoms with Crippen LogP contribution in [-0.2, 0) is 4.74 Å². The van der Waals surface area contributed by atoms with Crippen LogP contribution in [0.4, 0.5) is 0 Å². The zero-order valence-electron chi connectivity index (χ0n) is 8.46. The third kappa shape index (κ3) is 1.40. The Morgan fingerprint density at radius 3 is 2.54 bits per heavy atom. The van der Waals surface area contributed by atoms with Crippen LogP contribution in [0.25, 0.3) is 0 Å². The van der Waals surface area contributed by atoms with Crippen molar-refractivity contribution in [3.05, 3.63) is 0 Å². The smallest absolute Gasteiger partial charge is 0.0680 e. The van der Waals surface area contributed by atoms with Gasteiger partial charge in [0.1, 0.15) is 0 Å². The van der Waals surface area contributed by atoms with E-state index in [0.717, 1.165) is 13.0 Å². The molecule has 0 bridgehead atoms. The summed E-state index contributed by atoms with van der Waals surface area (Å²) in [6.45, 7) is 2.83. The molecule has 2 atom stereocenters. The topological polar surface area (TPSA) is 29.5 Å². The molecular weight excluding hydrogens is 164 g/mol. The fourth-order valence-electron chi connectivity index (χ4n) is 3.03. The van der Waals surface area contributed by atoms with Gasteiger partial charge in [-0.3, -0.25) is 0 Å². The normalized spacial score (nSPS) is 37.4. The fourth-order valence-corrected chi connectivity index (χ4v) is 3.03. The number of hydrogen-bond acceptors (Lipinski definition) is 2. The van der Waals surface area contributed by atoms with E-state index < -0.39 is 0 Å². The Labute approximate surface area is 80.3 Å². The Kier molecular flexibility index (Phi) is 2.61. The molecule has 13 heavy (non-hydrogen) atoms. The first-order valence-electron chi connectivity index (χ1n) is 5.59. The number of hydrogen-bond donors (Lipinski definition) is 1. The molecular formula is C11H20O2. The first kappa shape index (κ1) is 9.47. The number of aliphatic hydroxyl groups is 1. The van der Waals surface area contributed by atoms with Crippen LogP contribution in [0.2, 0.25) is 0 Å². The first-order chi connectivity index (χ1) is 6.29. The van der Waals surface area contributed by atoms with E-state index in [1.54, 1.807) is 0 Å². The molecule has 0 amide bonds. The van der Waals surface area contributed by atoms with Gasteiger partial charge in [0.2, 0.25) is 0 Å². The minimum absolute atomic E-state index is 0.0793. The van der Waals surface area contributed by atoms with Gasteiger partial charge < -0.3 is 9.84 Å². The number of ether oxygens (including phenoxy) is 1. The Balaban J connectivity index is 1.99. The van der Waals surface area contributed by atoms with Gasteiger partial charge in [-0.05, 0) is 19.8 Å². The summed E-state index contributed by atoms with van der Waals surface area (Å²) < 4.78 is 5.68. The molecule has 2 fully saturated rings. The van der Waals surface area contributed by atoms with Crippen molar-refractivity contribution in [2.24, 2.45) is 5.41 Å². The second kappa shape index (κ2) is 3.58. The van der Waals surface area contributed by atoms with Crippen LogP contribution < -0.4 is 0 Å². The molecule has 0 aromatic rings. The summed E-state index contributed by atoms with van der Waals surface area (Å²) >= 11 is 0. The highest BCUT2D eigenvalue weighted by molar-refractivity contribution is 5.05. The molecule has 2 unspecified atom stereocenters. The van der Waals surface area contributed by atoms with Crippen molar-refractivity contribution < 1.29 is 9.84 Å². The molecule has 2 rings (SSSR count). The molecule has 2 saturated carbocycles. The van der Waals surface area contributed by atoms with Crippen molar-refractivity contribution in [2.45, 2.75) is 57.7 Å². The lowest BCUT2D eigenvalue weighted by Gasteiger charge is -2.55. The highest BCUT2D eigenvalue weighted by atomic mass is 16.5.